The van der Waals surface area contributed by atoms with Crippen LogP contribution in [0.4, 0.5) is 87.8 Å². The Morgan fingerprint density at radius 2 is 0.800 bits per heavy atom. The van der Waals surface area contributed by atoms with Gasteiger partial charge >= 0.3 is 0 Å². The number of ether oxygens (including phenoxy) is 1. The average Bonchev–Trinajstić information content (AvgIpc) is 3.29. The Bertz CT molecular complexity index is 2470. The smallest absolute Gasteiger partial charge is 0.279 e. The maximum absolute atomic E-state index is 15.4. The van der Waals surface area contributed by atoms with Crippen molar-refractivity contribution in [2.45, 2.75) is 26.3 Å². The quantitative estimate of drug-likeness (QED) is 0.0250. The summed E-state index contributed by atoms with van der Waals surface area (Å²) >= 11 is 0. The Balaban J connectivity index is 0.000000330. The molecule has 65 heavy (non-hydrogen) atoms. The molecule has 0 saturated heterocycles. The highest BCUT2D eigenvalue weighted by Crippen LogP contribution is 2.30. The lowest BCUT2D eigenvalue weighted by molar-refractivity contribution is -0.684. The van der Waals surface area contributed by atoms with Crippen molar-refractivity contribution in [2.75, 3.05) is 6.61 Å². The van der Waals surface area contributed by atoms with Crippen molar-refractivity contribution in [1.82, 2.24) is 4.98 Å². The van der Waals surface area contributed by atoms with Crippen LogP contribution in [0.1, 0.15) is 30.1 Å². The summed E-state index contributed by atoms with van der Waals surface area (Å²) in [7, 11) is 0. The molecular formula is C40H19BF20N2O2. The molecule has 0 aliphatic carbocycles. The van der Waals surface area contributed by atoms with Gasteiger partial charge in [-0.2, -0.15) is 4.57 Å². The third kappa shape index (κ3) is 8.42. The van der Waals surface area contributed by atoms with Crippen molar-refractivity contribution in [2.24, 2.45) is 0 Å². The maximum atomic E-state index is 15.4. The number of rotatable bonds is 11. The second-order valence-corrected chi connectivity index (χ2v) is 13.4. The predicted molar refractivity (Wildman–Crippen MR) is 185 cm³/mol. The Morgan fingerprint density at radius 3 is 1.11 bits per heavy atom. The molecule has 344 valence electrons. The number of nitrogens with zero attached hydrogens (tertiary/aromatic N) is 2. The first-order valence-corrected chi connectivity index (χ1v) is 17.8. The number of ketones is 1. The van der Waals surface area contributed by atoms with Crippen molar-refractivity contribution in [1.29, 1.82) is 0 Å². The highest BCUT2D eigenvalue weighted by Gasteiger charge is 2.52. The lowest BCUT2D eigenvalue weighted by Gasteiger charge is -2.44. The van der Waals surface area contributed by atoms with Crippen LogP contribution in [0.3, 0.4) is 0 Å². The second-order valence-electron chi connectivity index (χ2n) is 13.4. The van der Waals surface area contributed by atoms with Gasteiger partial charge in [0.15, 0.2) is 76.0 Å². The van der Waals surface area contributed by atoms with E-state index in [0.717, 1.165) is 12.8 Å². The van der Waals surface area contributed by atoms with Crippen molar-refractivity contribution < 1.29 is 102 Å². The number of unbranched alkanes of at least 4 members (excludes halogenated alkanes) is 1. The lowest BCUT2D eigenvalue weighted by Crippen LogP contribution is -2.81. The number of aromatic nitrogens is 2. The average molecular weight is 950 g/mol. The third-order valence-electron chi connectivity index (χ3n) is 9.61. The van der Waals surface area contributed by atoms with E-state index in [2.05, 4.69) is 11.9 Å². The fourth-order valence-electron chi connectivity index (χ4n) is 6.66. The van der Waals surface area contributed by atoms with Crippen LogP contribution in [0.15, 0.2) is 48.9 Å². The summed E-state index contributed by atoms with van der Waals surface area (Å²) in [4.78, 5) is 16.2. The highest BCUT2D eigenvalue weighted by atomic mass is 19.2. The molecule has 0 fully saturated rings. The van der Waals surface area contributed by atoms with E-state index in [1.165, 1.54) is 0 Å². The molecule has 0 N–H and O–H groups in total. The van der Waals surface area contributed by atoms with Gasteiger partial charge in [-0.1, -0.05) is 43.7 Å². The maximum Gasteiger partial charge on any atom is 0.279 e. The van der Waals surface area contributed by atoms with E-state index in [4.69, 9.17) is 4.74 Å². The van der Waals surface area contributed by atoms with E-state index >= 15 is 35.1 Å². The molecule has 6 rings (SSSR count). The first-order chi connectivity index (χ1) is 30.5. The molecular weight excluding hydrogens is 931 g/mol. The van der Waals surface area contributed by atoms with Gasteiger partial charge in [-0.3, -0.25) is 4.79 Å². The Morgan fingerprint density at radius 1 is 0.492 bits per heavy atom. The minimum absolute atomic E-state index is 0.0707. The van der Waals surface area contributed by atoms with E-state index in [1.54, 1.807) is 23.2 Å². The molecule has 6 aromatic rings. The monoisotopic (exact) mass is 950 g/mol. The first-order valence-electron chi connectivity index (χ1n) is 17.8. The number of carbonyl (C=O) groups excluding carboxylic acids is 1. The van der Waals surface area contributed by atoms with Crippen molar-refractivity contribution >= 4 is 33.8 Å². The van der Waals surface area contributed by atoms with Crippen LogP contribution < -0.4 is 31.2 Å². The summed E-state index contributed by atoms with van der Waals surface area (Å²) in [6, 6.07) is 9.27. The number of benzene rings is 5. The molecule has 0 bridgehead atoms. The van der Waals surface area contributed by atoms with Gasteiger partial charge in [-0.05, 0) is 6.42 Å². The standard InChI is InChI=1S/C24BF20.C16H19N2O2/c26-5-1(6(27)14(35)21(42)13(5)34)25(2-7(28)15(36)22(43)16(37)8(2)29,3-9(30)17(38)23(44)18(39)10(3)31)4-11(32)19(40)24(45)20(41)12(4)33;1-2-3-11-20-16-13-18(10-9-17-16)12-15(19)14-7-5-4-6-8-14/h;4-10,13H,2-3,11-12H2,1H3/q-1;+1. The zero-order valence-corrected chi connectivity index (χ0v) is 31.8. The highest BCUT2D eigenvalue weighted by molar-refractivity contribution is 7.20. The fourth-order valence-corrected chi connectivity index (χ4v) is 6.66. The van der Waals surface area contributed by atoms with E-state index in [9.17, 15) is 57.5 Å². The number of hydrogen-bond acceptors (Lipinski definition) is 3. The van der Waals surface area contributed by atoms with Crippen LogP contribution in [-0.4, -0.2) is 23.5 Å². The predicted octanol–water partition coefficient (Wildman–Crippen LogP) is 8.28. The van der Waals surface area contributed by atoms with Gasteiger partial charge in [0.05, 0.1) is 12.8 Å². The lowest BCUT2D eigenvalue weighted by atomic mass is 9.12. The van der Waals surface area contributed by atoms with Crippen LogP contribution in [-0.2, 0) is 6.54 Å². The van der Waals surface area contributed by atoms with E-state index in [-0.39, 0.29) is 12.3 Å². The number of hydrogen-bond donors (Lipinski definition) is 0. The van der Waals surface area contributed by atoms with Crippen molar-refractivity contribution in [3.05, 3.63) is 171 Å². The van der Waals surface area contributed by atoms with Crippen LogP contribution in [0.5, 0.6) is 5.88 Å². The minimum atomic E-state index is -7.22. The number of halogens is 20. The molecule has 0 amide bonds. The molecule has 0 radical (unpaired) electrons. The molecule has 0 spiro atoms. The van der Waals surface area contributed by atoms with E-state index < -0.39 is 144 Å². The molecule has 4 nitrogen and oxygen atoms in total. The summed E-state index contributed by atoms with van der Waals surface area (Å²) in [5.74, 6) is -70.8. The first kappa shape index (κ1) is 49.3. The van der Waals surface area contributed by atoms with Gasteiger partial charge in [0, 0.05) is 5.56 Å². The molecule has 0 aliphatic rings. The fraction of sp³-hybridized carbons (Fsp3) is 0.125. The largest absolute Gasteiger partial charge is 0.473 e. The zero-order chi connectivity index (χ0) is 48.6. The van der Waals surface area contributed by atoms with Gasteiger partial charge in [-0.15, -0.1) is 21.9 Å². The summed E-state index contributed by atoms with van der Waals surface area (Å²) in [6.07, 6.45) is 0.0493. The number of Topliss-reactive ketones (excluding diaryl/α,β-unsaturated/α-hetero) is 1. The Hall–Kier alpha value is -6.69. The van der Waals surface area contributed by atoms with Crippen molar-refractivity contribution in [3.63, 3.8) is 0 Å². The minimum Gasteiger partial charge on any atom is -0.473 e. The molecule has 0 saturated carbocycles. The summed E-state index contributed by atoms with van der Waals surface area (Å²) in [6.45, 7) is 3.05. The van der Waals surface area contributed by atoms with Crippen LogP contribution in [0.2, 0.25) is 0 Å². The molecule has 25 heteroatoms. The molecule has 1 heterocycles. The van der Waals surface area contributed by atoms with E-state index in [0.29, 0.717) is 18.1 Å². The summed E-state index contributed by atoms with van der Waals surface area (Å²) in [5, 5.41) is 0. The van der Waals surface area contributed by atoms with Crippen molar-refractivity contribution in [3.8, 4) is 5.88 Å². The Kier molecular flexibility index (Phi) is 14.6. The Labute approximate surface area is 350 Å². The van der Waals surface area contributed by atoms with Crippen LogP contribution >= 0.6 is 0 Å². The molecule has 0 atom stereocenters. The number of carbonyl (C=O) groups is 1. The van der Waals surface area contributed by atoms with E-state index in [1.807, 2.05) is 30.3 Å². The SMILES string of the molecule is CCCCOc1c[n+](CC(=O)c2ccccc2)ccn1.Fc1c(F)c(F)c([B-](c2c(F)c(F)c(F)c(F)c2F)(c2c(F)c(F)c(F)c(F)c2F)c2c(F)c(F)c(F)c(F)c2F)c(F)c1F. The van der Waals surface area contributed by atoms with Gasteiger partial charge in [-0.25, -0.2) is 92.8 Å². The second kappa shape index (κ2) is 19.2. The van der Waals surface area contributed by atoms with Gasteiger partial charge in [0.1, 0.15) is 52.7 Å². The summed E-state index contributed by atoms with van der Waals surface area (Å²) < 4.78 is 301. The van der Waals surface area contributed by atoms with Gasteiger partial charge in [0.25, 0.3) is 5.88 Å². The normalized spacial score (nSPS) is 11.5. The van der Waals surface area contributed by atoms with Crippen LogP contribution in [0.25, 0.3) is 0 Å². The molecule has 0 unspecified atom stereocenters. The summed E-state index contributed by atoms with van der Waals surface area (Å²) in [5.41, 5.74) is -13.6. The zero-order valence-electron chi connectivity index (χ0n) is 31.8. The molecule has 1 aromatic heterocycles. The van der Waals surface area contributed by atoms with Gasteiger partial charge in [0.2, 0.25) is 18.5 Å². The topological polar surface area (TPSA) is 43.1 Å². The van der Waals surface area contributed by atoms with Crippen LogP contribution in [0, 0.1) is 116 Å². The molecule has 0 aliphatic heterocycles. The third-order valence-corrected chi connectivity index (χ3v) is 9.61. The molecule has 5 aromatic carbocycles. The van der Waals surface area contributed by atoms with Gasteiger partial charge < -0.3 is 4.74 Å².